The Bertz CT molecular complexity index is 497. The molecular weight excluding hydrogens is 198 g/mol. The molecule has 0 unspecified atom stereocenters. The Morgan fingerprint density at radius 3 is 2.12 bits per heavy atom. The summed E-state index contributed by atoms with van der Waals surface area (Å²) < 4.78 is 0. The first-order valence-corrected chi connectivity index (χ1v) is 4.95. The molecule has 0 aliphatic carbocycles. The highest BCUT2D eigenvalue weighted by molar-refractivity contribution is 5.62. The summed E-state index contributed by atoms with van der Waals surface area (Å²) >= 11 is 0. The molecule has 0 amide bonds. The number of anilines is 2. The number of rotatable bonds is 2. The van der Waals surface area contributed by atoms with E-state index in [1.54, 1.807) is 12.4 Å². The molecule has 0 aliphatic rings. The second-order valence-corrected chi connectivity index (χ2v) is 3.42. The summed E-state index contributed by atoms with van der Waals surface area (Å²) in [7, 11) is 1.98. The van der Waals surface area contributed by atoms with Crippen LogP contribution in [0.25, 0.3) is 0 Å². The lowest BCUT2D eigenvalue weighted by atomic mass is 10.2. The first-order valence-electron chi connectivity index (χ1n) is 4.95. The molecule has 0 aliphatic heterocycles. The van der Waals surface area contributed by atoms with Crippen molar-refractivity contribution in [2.75, 3.05) is 11.9 Å². The molecule has 3 heteroatoms. The largest absolute Gasteiger partial charge is 0.345 e. The summed E-state index contributed by atoms with van der Waals surface area (Å²) in [5.74, 6) is 0. The maximum Gasteiger partial charge on any atom is 0.0991 e. The van der Waals surface area contributed by atoms with Gasteiger partial charge in [-0.15, -0.1) is 0 Å². The lowest BCUT2D eigenvalue weighted by Crippen LogP contribution is -2.08. The Labute approximate surface area is 94.6 Å². The van der Waals surface area contributed by atoms with Gasteiger partial charge in [-0.2, -0.15) is 5.26 Å². The quantitative estimate of drug-likeness (QED) is 0.763. The second kappa shape index (κ2) is 4.45. The Hall–Kier alpha value is -2.34. The fourth-order valence-corrected chi connectivity index (χ4v) is 1.48. The van der Waals surface area contributed by atoms with Crippen LogP contribution in [0.1, 0.15) is 5.56 Å². The van der Waals surface area contributed by atoms with Crippen LogP contribution in [0.15, 0.2) is 48.8 Å². The van der Waals surface area contributed by atoms with E-state index in [-0.39, 0.29) is 0 Å². The van der Waals surface area contributed by atoms with Crippen LogP contribution in [0, 0.1) is 11.3 Å². The molecule has 0 saturated carbocycles. The molecule has 0 radical (unpaired) electrons. The van der Waals surface area contributed by atoms with Crippen LogP contribution in [0.3, 0.4) is 0 Å². The summed E-state index contributed by atoms with van der Waals surface area (Å²) in [5.41, 5.74) is 2.79. The summed E-state index contributed by atoms with van der Waals surface area (Å²) in [6.45, 7) is 0. The zero-order valence-electron chi connectivity index (χ0n) is 8.96. The number of nitriles is 1. The van der Waals surface area contributed by atoms with Gasteiger partial charge in [-0.1, -0.05) is 0 Å². The van der Waals surface area contributed by atoms with E-state index in [2.05, 4.69) is 11.1 Å². The topological polar surface area (TPSA) is 39.9 Å². The molecule has 1 heterocycles. The summed E-state index contributed by atoms with van der Waals surface area (Å²) in [5, 5.41) is 8.71. The van der Waals surface area contributed by atoms with Gasteiger partial charge >= 0.3 is 0 Å². The summed E-state index contributed by atoms with van der Waals surface area (Å²) in [4.78, 5) is 6.02. The normalized spacial score (nSPS) is 9.50. The third-order valence-corrected chi connectivity index (χ3v) is 2.43. The van der Waals surface area contributed by atoms with Gasteiger partial charge in [0.2, 0.25) is 0 Å². The van der Waals surface area contributed by atoms with Crippen LogP contribution in [-0.4, -0.2) is 12.0 Å². The highest BCUT2D eigenvalue weighted by Crippen LogP contribution is 2.22. The molecule has 78 valence electrons. The molecule has 16 heavy (non-hydrogen) atoms. The Morgan fingerprint density at radius 2 is 1.56 bits per heavy atom. The van der Waals surface area contributed by atoms with Crippen molar-refractivity contribution in [1.29, 1.82) is 5.26 Å². The van der Waals surface area contributed by atoms with Gasteiger partial charge in [0.15, 0.2) is 0 Å². The Balaban J connectivity index is 2.28. The molecule has 2 rings (SSSR count). The van der Waals surface area contributed by atoms with E-state index >= 15 is 0 Å². The fourth-order valence-electron chi connectivity index (χ4n) is 1.48. The van der Waals surface area contributed by atoms with Gasteiger partial charge in [-0.05, 0) is 36.4 Å². The van der Waals surface area contributed by atoms with E-state index in [1.807, 2.05) is 48.3 Å². The number of aromatic nitrogens is 1. The highest BCUT2D eigenvalue weighted by atomic mass is 15.1. The van der Waals surface area contributed by atoms with Crippen LogP contribution < -0.4 is 4.90 Å². The smallest absolute Gasteiger partial charge is 0.0991 e. The number of hydrogen-bond donors (Lipinski definition) is 0. The van der Waals surface area contributed by atoms with Crippen LogP contribution in [0.5, 0.6) is 0 Å². The molecule has 1 aromatic carbocycles. The number of pyridine rings is 1. The lowest BCUT2D eigenvalue weighted by molar-refractivity contribution is 1.19. The van der Waals surface area contributed by atoms with Gasteiger partial charge in [-0.25, -0.2) is 0 Å². The fraction of sp³-hybridized carbons (Fsp3) is 0.0769. The van der Waals surface area contributed by atoms with Crippen molar-refractivity contribution in [3.05, 3.63) is 54.4 Å². The third kappa shape index (κ3) is 2.01. The molecule has 0 saturated heterocycles. The number of benzene rings is 1. The van der Waals surface area contributed by atoms with Crippen molar-refractivity contribution in [2.45, 2.75) is 0 Å². The van der Waals surface area contributed by atoms with Crippen LogP contribution >= 0.6 is 0 Å². The van der Waals surface area contributed by atoms with Crippen molar-refractivity contribution >= 4 is 11.4 Å². The van der Waals surface area contributed by atoms with Crippen molar-refractivity contribution in [1.82, 2.24) is 4.98 Å². The molecule has 0 atom stereocenters. The van der Waals surface area contributed by atoms with E-state index < -0.39 is 0 Å². The zero-order valence-corrected chi connectivity index (χ0v) is 8.96. The maximum absolute atomic E-state index is 8.71. The van der Waals surface area contributed by atoms with Gasteiger partial charge in [-0.3, -0.25) is 4.98 Å². The third-order valence-electron chi connectivity index (χ3n) is 2.43. The predicted octanol–water partition coefficient (Wildman–Crippen LogP) is 2.72. The summed E-state index contributed by atoms with van der Waals surface area (Å²) in [6, 6.07) is 13.5. The van der Waals surface area contributed by atoms with Gasteiger partial charge in [0, 0.05) is 30.8 Å². The number of nitrogens with zero attached hydrogens (tertiary/aromatic N) is 3. The van der Waals surface area contributed by atoms with Gasteiger partial charge in [0.05, 0.1) is 11.6 Å². The minimum Gasteiger partial charge on any atom is -0.345 e. The molecular formula is C13H11N3. The van der Waals surface area contributed by atoms with E-state index in [9.17, 15) is 0 Å². The van der Waals surface area contributed by atoms with Crippen LogP contribution in [0.4, 0.5) is 11.4 Å². The van der Waals surface area contributed by atoms with Crippen molar-refractivity contribution in [3.8, 4) is 6.07 Å². The highest BCUT2D eigenvalue weighted by Gasteiger charge is 2.02. The Morgan fingerprint density at radius 1 is 1.00 bits per heavy atom. The SMILES string of the molecule is CN(c1ccncc1)c1ccc(C#N)cc1. The summed E-state index contributed by atoms with van der Waals surface area (Å²) in [6.07, 6.45) is 3.52. The minimum absolute atomic E-state index is 0.673. The zero-order chi connectivity index (χ0) is 11.4. The molecule has 1 aromatic heterocycles. The van der Waals surface area contributed by atoms with E-state index in [1.165, 1.54) is 0 Å². The number of hydrogen-bond acceptors (Lipinski definition) is 3. The van der Waals surface area contributed by atoms with Gasteiger partial charge < -0.3 is 4.90 Å². The first-order chi connectivity index (χ1) is 7.81. The second-order valence-electron chi connectivity index (χ2n) is 3.42. The molecule has 3 nitrogen and oxygen atoms in total. The first kappa shape index (κ1) is 10.2. The van der Waals surface area contributed by atoms with Crippen molar-refractivity contribution in [3.63, 3.8) is 0 Å². The molecule has 0 bridgehead atoms. The Kier molecular flexibility index (Phi) is 2.84. The molecule has 2 aromatic rings. The van der Waals surface area contributed by atoms with Crippen LogP contribution in [-0.2, 0) is 0 Å². The van der Waals surface area contributed by atoms with Crippen molar-refractivity contribution < 1.29 is 0 Å². The monoisotopic (exact) mass is 209 g/mol. The maximum atomic E-state index is 8.71. The average molecular weight is 209 g/mol. The molecule has 0 N–H and O–H groups in total. The van der Waals surface area contributed by atoms with Gasteiger partial charge in [0.25, 0.3) is 0 Å². The lowest BCUT2D eigenvalue weighted by Gasteiger charge is -2.18. The van der Waals surface area contributed by atoms with Gasteiger partial charge in [0.1, 0.15) is 0 Å². The molecule has 0 spiro atoms. The van der Waals surface area contributed by atoms with Crippen LogP contribution in [0.2, 0.25) is 0 Å². The van der Waals surface area contributed by atoms with E-state index in [0.717, 1.165) is 11.4 Å². The van der Waals surface area contributed by atoms with Crippen molar-refractivity contribution in [2.24, 2.45) is 0 Å². The average Bonchev–Trinajstić information content (AvgIpc) is 2.39. The molecule has 0 fully saturated rings. The minimum atomic E-state index is 0.673. The van der Waals surface area contributed by atoms with E-state index in [0.29, 0.717) is 5.56 Å². The standard InChI is InChI=1S/C13H11N3/c1-16(13-6-8-15-9-7-13)12-4-2-11(10-14)3-5-12/h2-9H,1H3. The van der Waals surface area contributed by atoms with E-state index in [4.69, 9.17) is 5.26 Å². The predicted molar refractivity (Wildman–Crippen MR) is 63.5 cm³/mol.